The predicted octanol–water partition coefficient (Wildman–Crippen LogP) is 1.95. The molecule has 2 aliphatic heterocycles. The molecule has 7 nitrogen and oxygen atoms in total. The van der Waals surface area contributed by atoms with Gasteiger partial charge in [0.05, 0.1) is 12.1 Å². The fraction of sp³-hybridized carbons (Fsp3) is 0.471. The first-order chi connectivity index (χ1) is 12.0. The van der Waals surface area contributed by atoms with Crippen molar-refractivity contribution in [1.82, 2.24) is 25.3 Å². The maximum Gasteiger partial charge on any atom is 0.317 e. The molecule has 1 aromatic heterocycles. The first-order valence-corrected chi connectivity index (χ1v) is 8.41. The molecule has 1 aromatic carbocycles. The summed E-state index contributed by atoms with van der Waals surface area (Å²) in [5, 5.41) is 6.86. The van der Waals surface area contributed by atoms with Gasteiger partial charge in [0.25, 0.3) is 0 Å². The van der Waals surface area contributed by atoms with Gasteiger partial charge in [-0.2, -0.15) is 4.98 Å². The minimum absolute atomic E-state index is 0.0128. The minimum atomic E-state index is -0.286. The van der Waals surface area contributed by atoms with Gasteiger partial charge in [-0.1, -0.05) is 17.3 Å². The summed E-state index contributed by atoms with van der Waals surface area (Å²) in [6.45, 7) is 6.58. The summed E-state index contributed by atoms with van der Waals surface area (Å²) in [6.07, 6.45) is 0. The number of aromatic nitrogens is 2. The van der Waals surface area contributed by atoms with Gasteiger partial charge < -0.3 is 14.7 Å². The third-order valence-electron chi connectivity index (χ3n) is 5.04. The maximum atomic E-state index is 13.7. The van der Waals surface area contributed by atoms with Crippen molar-refractivity contribution in [3.05, 3.63) is 35.5 Å². The Bertz CT molecular complexity index is 808. The second-order valence-electron chi connectivity index (χ2n) is 6.62. The highest BCUT2D eigenvalue weighted by molar-refractivity contribution is 5.77. The molecule has 2 amide bonds. The van der Waals surface area contributed by atoms with E-state index in [2.05, 4.69) is 20.4 Å². The normalized spacial score (nSPS) is 22.0. The van der Waals surface area contributed by atoms with Crippen LogP contribution in [0.2, 0.25) is 0 Å². The van der Waals surface area contributed by atoms with Crippen LogP contribution in [0.3, 0.4) is 0 Å². The van der Waals surface area contributed by atoms with Crippen LogP contribution in [0.15, 0.2) is 22.7 Å². The Morgan fingerprint density at radius 2 is 2.24 bits per heavy atom. The highest BCUT2D eigenvalue weighted by atomic mass is 19.1. The van der Waals surface area contributed by atoms with Crippen molar-refractivity contribution in [2.24, 2.45) is 0 Å². The number of carbonyl (C=O) groups is 1. The number of urea groups is 1. The minimum Gasteiger partial charge on any atom is -0.337 e. The van der Waals surface area contributed by atoms with Crippen LogP contribution in [0, 0.1) is 12.7 Å². The molecule has 0 aliphatic carbocycles. The van der Waals surface area contributed by atoms with Crippen LogP contribution in [0.1, 0.15) is 24.4 Å². The van der Waals surface area contributed by atoms with Gasteiger partial charge in [-0.25, -0.2) is 9.18 Å². The predicted molar refractivity (Wildman–Crippen MR) is 88.3 cm³/mol. The molecule has 0 unspecified atom stereocenters. The Labute approximate surface area is 144 Å². The van der Waals surface area contributed by atoms with Crippen LogP contribution in [0.4, 0.5) is 9.18 Å². The van der Waals surface area contributed by atoms with Gasteiger partial charge in [-0.15, -0.1) is 0 Å². The maximum absolute atomic E-state index is 13.7. The molecule has 2 saturated heterocycles. The summed E-state index contributed by atoms with van der Waals surface area (Å²) >= 11 is 0. The number of rotatable bonds is 3. The van der Waals surface area contributed by atoms with Gasteiger partial charge in [0, 0.05) is 31.7 Å². The number of nitrogens with one attached hydrogen (secondary N) is 1. The molecule has 0 spiro atoms. The molecular formula is C17H20FN5O2. The number of hydrogen-bond acceptors (Lipinski definition) is 5. The van der Waals surface area contributed by atoms with Gasteiger partial charge in [0.2, 0.25) is 11.7 Å². The van der Waals surface area contributed by atoms with Crippen molar-refractivity contribution < 1.29 is 13.7 Å². The van der Waals surface area contributed by atoms with Crippen molar-refractivity contribution in [2.75, 3.05) is 26.2 Å². The summed E-state index contributed by atoms with van der Waals surface area (Å²) in [5.74, 6) is 0.602. The SMILES string of the molecule is Cc1ccc(-c2noc([C@H](C)N3CCN4C(=O)NC[C@H]4C3)n2)cc1F. The lowest BCUT2D eigenvalue weighted by Crippen LogP contribution is -2.52. The van der Waals surface area contributed by atoms with E-state index in [0.717, 1.165) is 13.1 Å². The number of aryl methyl sites for hydroxylation is 1. The van der Waals surface area contributed by atoms with E-state index >= 15 is 0 Å². The average molecular weight is 345 g/mol. The molecule has 0 radical (unpaired) electrons. The Balaban J connectivity index is 1.50. The zero-order valence-electron chi connectivity index (χ0n) is 14.2. The van der Waals surface area contributed by atoms with E-state index in [9.17, 15) is 9.18 Å². The van der Waals surface area contributed by atoms with Crippen molar-refractivity contribution in [1.29, 1.82) is 0 Å². The Morgan fingerprint density at radius 1 is 1.40 bits per heavy atom. The molecule has 2 atom stereocenters. The first-order valence-electron chi connectivity index (χ1n) is 8.41. The molecule has 132 valence electrons. The second-order valence-corrected chi connectivity index (χ2v) is 6.62. The zero-order valence-corrected chi connectivity index (χ0v) is 14.2. The first kappa shape index (κ1) is 16.0. The van der Waals surface area contributed by atoms with Crippen molar-refractivity contribution in [2.45, 2.75) is 25.9 Å². The third-order valence-corrected chi connectivity index (χ3v) is 5.04. The molecule has 0 bridgehead atoms. The van der Waals surface area contributed by atoms with Crippen LogP contribution in [-0.4, -0.2) is 58.2 Å². The monoisotopic (exact) mass is 345 g/mol. The number of piperazine rings is 1. The quantitative estimate of drug-likeness (QED) is 0.920. The number of fused-ring (bicyclic) bond motifs is 1. The Morgan fingerprint density at radius 3 is 3.04 bits per heavy atom. The standard InChI is InChI=1S/C17H20FN5O2/c1-10-3-4-12(7-14(10)18)15-20-16(25-21-15)11(2)22-5-6-23-13(9-22)8-19-17(23)24/h3-4,7,11,13H,5-6,8-9H2,1-2H3,(H,19,24)/t11-,13-/m0/s1. The molecule has 25 heavy (non-hydrogen) atoms. The largest absolute Gasteiger partial charge is 0.337 e. The van der Waals surface area contributed by atoms with Crippen LogP contribution >= 0.6 is 0 Å². The van der Waals surface area contributed by atoms with Crippen LogP contribution in [-0.2, 0) is 0 Å². The Kier molecular flexibility index (Phi) is 3.91. The van der Waals surface area contributed by atoms with E-state index in [0.29, 0.717) is 35.9 Å². The van der Waals surface area contributed by atoms with E-state index in [1.54, 1.807) is 19.1 Å². The van der Waals surface area contributed by atoms with Crippen molar-refractivity contribution in [3.8, 4) is 11.4 Å². The number of nitrogens with zero attached hydrogens (tertiary/aromatic N) is 4. The Hall–Kier alpha value is -2.48. The van der Waals surface area contributed by atoms with Crippen molar-refractivity contribution in [3.63, 3.8) is 0 Å². The van der Waals surface area contributed by atoms with E-state index in [1.165, 1.54) is 6.07 Å². The lowest BCUT2D eigenvalue weighted by Gasteiger charge is -2.38. The highest BCUT2D eigenvalue weighted by Crippen LogP contribution is 2.26. The number of amides is 2. The van der Waals surface area contributed by atoms with Gasteiger partial charge in [-0.3, -0.25) is 4.90 Å². The van der Waals surface area contributed by atoms with Gasteiger partial charge in [0.15, 0.2) is 0 Å². The number of benzene rings is 1. The molecule has 2 fully saturated rings. The summed E-state index contributed by atoms with van der Waals surface area (Å²) in [4.78, 5) is 20.2. The van der Waals surface area contributed by atoms with Crippen LogP contribution in [0.25, 0.3) is 11.4 Å². The lowest BCUT2D eigenvalue weighted by atomic mass is 10.1. The summed E-state index contributed by atoms with van der Waals surface area (Å²) < 4.78 is 19.2. The molecule has 3 heterocycles. The van der Waals surface area contributed by atoms with E-state index in [1.807, 2.05) is 11.8 Å². The highest BCUT2D eigenvalue weighted by Gasteiger charge is 2.37. The van der Waals surface area contributed by atoms with E-state index < -0.39 is 0 Å². The number of halogens is 1. The van der Waals surface area contributed by atoms with Crippen molar-refractivity contribution >= 4 is 6.03 Å². The fourth-order valence-corrected chi connectivity index (χ4v) is 3.39. The molecule has 2 aliphatic rings. The second kappa shape index (κ2) is 6.11. The number of hydrogen-bond donors (Lipinski definition) is 1. The fourth-order valence-electron chi connectivity index (χ4n) is 3.39. The molecule has 4 rings (SSSR count). The smallest absolute Gasteiger partial charge is 0.317 e. The lowest BCUT2D eigenvalue weighted by molar-refractivity contribution is 0.0812. The van der Waals surface area contributed by atoms with Gasteiger partial charge in [0.1, 0.15) is 5.82 Å². The van der Waals surface area contributed by atoms with Gasteiger partial charge in [-0.05, 0) is 25.5 Å². The molecule has 2 aromatic rings. The number of carbonyl (C=O) groups excluding carboxylic acids is 1. The summed E-state index contributed by atoms with van der Waals surface area (Å²) in [6, 6.07) is 5.04. The molecule has 1 N–H and O–H groups in total. The third kappa shape index (κ3) is 2.86. The van der Waals surface area contributed by atoms with Crippen LogP contribution < -0.4 is 5.32 Å². The van der Waals surface area contributed by atoms with E-state index in [-0.39, 0.29) is 23.9 Å². The van der Waals surface area contributed by atoms with E-state index in [4.69, 9.17) is 4.52 Å². The van der Waals surface area contributed by atoms with Gasteiger partial charge >= 0.3 is 6.03 Å². The zero-order chi connectivity index (χ0) is 17.6. The summed E-state index contributed by atoms with van der Waals surface area (Å²) in [7, 11) is 0. The summed E-state index contributed by atoms with van der Waals surface area (Å²) in [5.41, 5.74) is 1.18. The molecule has 0 saturated carbocycles. The molecule has 8 heteroatoms. The average Bonchev–Trinajstić information content (AvgIpc) is 3.24. The molecular weight excluding hydrogens is 325 g/mol. The van der Waals surface area contributed by atoms with Crippen LogP contribution in [0.5, 0.6) is 0 Å². The topological polar surface area (TPSA) is 74.5 Å².